The molecule has 38 heavy (non-hydrogen) atoms. The summed E-state index contributed by atoms with van der Waals surface area (Å²) in [5.74, 6) is 1.29. The number of carbonyl (C=O) groups is 1. The highest BCUT2D eigenvalue weighted by Crippen LogP contribution is 2.34. The zero-order chi connectivity index (χ0) is 26.1. The maximum absolute atomic E-state index is 13.5. The van der Waals surface area contributed by atoms with E-state index in [-0.39, 0.29) is 11.8 Å². The Kier molecular flexibility index (Phi) is 7.45. The van der Waals surface area contributed by atoms with Gasteiger partial charge in [-0.15, -0.1) is 0 Å². The second-order valence-corrected chi connectivity index (χ2v) is 11.3. The van der Waals surface area contributed by atoms with E-state index in [9.17, 15) is 9.90 Å². The second kappa shape index (κ2) is 11.1. The summed E-state index contributed by atoms with van der Waals surface area (Å²) in [6.45, 7) is 7.34. The average Bonchev–Trinajstić information content (AvgIpc) is 3.64. The minimum absolute atomic E-state index is 0.0333. The molecule has 2 aromatic carbocycles. The maximum atomic E-state index is 13.5. The first-order chi connectivity index (χ1) is 18.5. The molecule has 0 radical (unpaired) electrons. The van der Waals surface area contributed by atoms with Crippen LogP contribution in [0.3, 0.4) is 0 Å². The Labute approximate surface area is 225 Å². The highest BCUT2D eigenvalue weighted by atomic mass is 16.6. The van der Waals surface area contributed by atoms with Crippen molar-refractivity contribution in [2.45, 2.75) is 44.4 Å². The molecule has 2 fully saturated rings. The lowest BCUT2D eigenvalue weighted by Gasteiger charge is -2.30. The number of amides is 1. The topological polar surface area (TPSA) is 77.5 Å². The molecule has 4 heterocycles. The molecule has 3 atom stereocenters. The highest BCUT2D eigenvalue weighted by Gasteiger charge is 2.33. The van der Waals surface area contributed by atoms with Gasteiger partial charge in [-0.25, -0.2) is 0 Å². The molecule has 6 rings (SSSR count). The summed E-state index contributed by atoms with van der Waals surface area (Å²) >= 11 is 0. The van der Waals surface area contributed by atoms with Crippen molar-refractivity contribution in [3.63, 3.8) is 0 Å². The number of hydrogen-bond donors (Lipinski definition) is 2. The number of nitrogens with zero attached hydrogens (tertiary/aromatic N) is 3. The molecule has 0 spiro atoms. The van der Waals surface area contributed by atoms with E-state index in [0.717, 1.165) is 64.0 Å². The first-order valence-corrected chi connectivity index (χ1v) is 14.2. The number of rotatable bonds is 7. The van der Waals surface area contributed by atoms with E-state index in [4.69, 9.17) is 9.47 Å². The predicted octanol–water partition coefficient (Wildman–Crippen LogP) is 2.59. The van der Waals surface area contributed by atoms with Crippen molar-refractivity contribution in [1.82, 2.24) is 15.1 Å². The molecule has 0 aliphatic carbocycles. The quantitative estimate of drug-likeness (QED) is 0.581. The summed E-state index contributed by atoms with van der Waals surface area (Å²) in [6.07, 6.45) is 3.41. The summed E-state index contributed by atoms with van der Waals surface area (Å²) in [6, 6.07) is 12.0. The summed E-state index contributed by atoms with van der Waals surface area (Å²) in [5, 5.41) is 14.7. The van der Waals surface area contributed by atoms with Gasteiger partial charge in [0, 0.05) is 38.4 Å². The van der Waals surface area contributed by atoms with Gasteiger partial charge >= 0.3 is 0 Å². The van der Waals surface area contributed by atoms with Crippen molar-refractivity contribution in [3.8, 4) is 11.5 Å². The van der Waals surface area contributed by atoms with E-state index in [1.807, 2.05) is 18.2 Å². The van der Waals surface area contributed by atoms with Gasteiger partial charge in [0.2, 0.25) is 5.91 Å². The van der Waals surface area contributed by atoms with E-state index < -0.39 is 12.1 Å². The first kappa shape index (κ1) is 25.5. The first-order valence-electron chi connectivity index (χ1n) is 14.2. The molecule has 8 nitrogen and oxygen atoms in total. The van der Waals surface area contributed by atoms with Crippen molar-refractivity contribution < 1.29 is 19.4 Å². The third kappa shape index (κ3) is 5.48. The zero-order valence-electron chi connectivity index (χ0n) is 22.4. The van der Waals surface area contributed by atoms with Crippen molar-refractivity contribution in [2.24, 2.45) is 5.92 Å². The van der Waals surface area contributed by atoms with Crippen LogP contribution in [0.5, 0.6) is 11.5 Å². The Morgan fingerprint density at radius 1 is 1.03 bits per heavy atom. The van der Waals surface area contributed by atoms with Crippen LogP contribution >= 0.6 is 0 Å². The van der Waals surface area contributed by atoms with Gasteiger partial charge < -0.3 is 34.6 Å². The lowest BCUT2D eigenvalue weighted by molar-refractivity contribution is -0.126. The lowest BCUT2D eigenvalue weighted by Crippen LogP contribution is -2.48. The maximum Gasteiger partial charge on any atom is 0.225 e. The summed E-state index contributed by atoms with van der Waals surface area (Å²) in [7, 11) is 2.17. The largest absolute Gasteiger partial charge is 0.486 e. The van der Waals surface area contributed by atoms with Crippen LogP contribution in [0.15, 0.2) is 36.4 Å². The van der Waals surface area contributed by atoms with Gasteiger partial charge in [-0.2, -0.15) is 0 Å². The smallest absolute Gasteiger partial charge is 0.225 e. The van der Waals surface area contributed by atoms with Gasteiger partial charge in [-0.05, 0) is 86.8 Å². The molecule has 0 unspecified atom stereocenters. The number of anilines is 1. The monoisotopic (exact) mass is 520 g/mol. The lowest BCUT2D eigenvalue weighted by atomic mass is 9.99. The highest BCUT2D eigenvalue weighted by molar-refractivity contribution is 5.80. The third-order valence-electron chi connectivity index (χ3n) is 8.59. The summed E-state index contributed by atoms with van der Waals surface area (Å²) in [5.41, 5.74) is 4.79. The van der Waals surface area contributed by atoms with Gasteiger partial charge in [-0.3, -0.25) is 4.79 Å². The number of fused-ring (bicyclic) bond motifs is 2. The number of carbonyl (C=O) groups excluding carboxylic acids is 1. The van der Waals surface area contributed by atoms with E-state index >= 15 is 0 Å². The standard InChI is InChI=1S/C30H40N4O4/c1-32-12-8-21-4-6-25(16-24(21)18-32)34-13-9-23(19-34)30(36)31-26(20-33-10-2-3-11-33)29(35)22-5-7-27-28(17-22)38-15-14-37-27/h4-7,16-17,23,26,29,35H,2-3,8-15,18-20H2,1H3,(H,31,36)/t23-,26+,29+/m0/s1. The molecular formula is C30H40N4O4. The molecule has 2 saturated heterocycles. The normalized spacial score (nSPS) is 23.2. The number of likely N-dealkylation sites (N-methyl/N-ethyl adjacent to an activating group) is 1. The number of hydrogen-bond acceptors (Lipinski definition) is 7. The number of nitrogens with one attached hydrogen (secondary N) is 1. The minimum Gasteiger partial charge on any atom is -0.486 e. The SMILES string of the molecule is CN1CCc2ccc(N3CC[C@H](C(=O)N[C@H](CN4CCCC4)[C@H](O)c4ccc5c(c4)OCCO5)C3)cc2C1. The number of likely N-dealkylation sites (tertiary alicyclic amines) is 1. The Morgan fingerprint density at radius 3 is 2.68 bits per heavy atom. The Hall–Kier alpha value is -2.81. The predicted molar refractivity (Wildman–Crippen MR) is 147 cm³/mol. The number of aliphatic hydroxyl groups is 1. The van der Waals surface area contributed by atoms with Gasteiger partial charge in [-0.1, -0.05) is 12.1 Å². The number of benzene rings is 2. The summed E-state index contributed by atoms with van der Waals surface area (Å²) in [4.78, 5) is 20.6. The molecule has 4 aliphatic heterocycles. The van der Waals surface area contributed by atoms with Crippen LogP contribution in [0.2, 0.25) is 0 Å². The second-order valence-electron chi connectivity index (χ2n) is 11.3. The van der Waals surface area contributed by atoms with Gasteiger partial charge in [0.1, 0.15) is 19.3 Å². The zero-order valence-corrected chi connectivity index (χ0v) is 22.4. The van der Waals surface area contributed by atoms with Crippen molar-refractivity contribution >= 4 is 11.6 Å². The Balaban J connectivity index is 1.14. The fourth-order valence-electron chi connectivity index (χ4n) is 6.33. The van der Waals surface area contributed by atoms with Crippen LogP contribution in [-0.2, 0) is 17.8 Å². The van der Waals surface area contributed by atoms with Gasteiger partial charge in [0.25, 0.3) is 0 Å². The third-order valence-corrected chi connectivity index (χ3v) is 8.59. The van der Waals surface area contributed by atoms with E-state index in [1.54, 1.807) is 0 Å². The van der Waals surface area contributed by atoms with E-state index in [0.29, 0.717) is 37.8 Å². The van der Waals surface area contributed by atoms with Crippen molar-refractivity contribution in [3.05, 3.63) is 53.1 Å². The molecule has 2 aromatic rings. The molecule has 1 amide bonds. The van der Waals surface area contributed by atoms with Crippen molar-refractivity contribution in [2.75, 3.05) is 64.4 Å². The Bertz CT molecular complexity index is 1150. The Morgan fingerprint density at radius 2 is 1.84 bits per heavy atom. The average molecular weight is 521 g/mol. The molecule has 2 N–H and O–H groups in total. The molecule has 204 valence electrons. The molecule has 8 heteroatoms. The van der Waals surface area contributed by atoms with Crippen LogP contribution in [0.25, 0.3) is 0 Å². The van der Waals surface area contributed by atoms with Gasteiger partial charge in [0.05, 0.1) is 12.0 Å². The molecule has 0 aromatic heterocycles. The van der Waals surface area contributed by atoms with E-state index in [1.165, 1.54) is 16.8 Å². The molecule has 0 saturated carbocycles. The van der Waals surface area contributed by atoms with Crippen LogP contribution in [0, 0.1) is 5.92 Å². The van der Waals surface area contributed by atoms with Crippen molar-refractivity contribution in [1.29, 1.82) is 0 Å². The fourth-order valence-corrected chi connectivity index (χ4v) is 6.33. The van der Waals surface area contributed by atoms with Gasteiger partial charge in [0.15, 0.2) is 11.5 Å². The molecular weight excluding hydrogens is 480 g/mol. The van der Waals surface area contributed by atoms with E-state index in [2.05, 4.69) is 45.3 Å². The van der Waals surface area contributed by atoms with Crippen LogP contribution < -0.4 is 19.7 Å². The van der Waals surface area contributed by atoms with Crippen LogP contribution in [0.1, 0.15) is 42.1 Å². The minimum atomic E-state index is -0.828. The molecule has 4 aliphatic rings. The number of aliphatic hydroxyl groups excluding tert-OH is 1. The number of ether oxygens (including phenoxy) is 2. The summed E-state index contributed by atoms with van der Waals surface area (Å²) < 4.78 is 11.4. The fraction of sp³-hybridized carbons (Fsp3) is 0.567. The molecule has 0 bridgehead atoms. The van der Waals surface area contributed by atoms with Crippen LogP contribution in [0.4, 0.5) is 5.69 Å². The van der Waals surface area contributed by atoms with Crippen LogP contribution in [-0.4, -0.2) is 86.4 Å².